The van der Waals surface area contributed by atoms with Crippen molar-refractivity contribution in [1.29, 1.82) is 0 Å². The van der Waals surface area contributed by atoms with Crippen LogP contribution in [0.25, 0.3) is 0 Å². The highest BCUT2D eigenvalue weighted by atomic mass is 16.7. The van der Waals surface area contributed by atoms with Crippen molar-refractivity contribution in [3.8, 4) is 0 Å². The van der Waals surface area contributed by atoms with Gasteiger partial charge < -0.3 is 65.1 Å². The number of aliphatic hydroxyl groups is 8. The quantitative estimate of drug-likeness (QED) is 0.0204. The van der Waals surface area contributed by atoms with Crippen LogP contribution in [-0.2, 0) is 23.7 Å². The Bertz CT molecular complexity index is 1400. The van der Waals surface area contributed by atoms with Gasteiger partial charge in [-0.2, -0.15) is 0 Å². The second-order valence-electron chi connectivity index (χ2n) is 23.2. The van der Waals surface area contributed by atoms with E-state index < -0.39 is 86.8 Å². The van der Waals surface area contributed by atoms with E-state index in [1.165, 1.54) is 218 Å². The van der Waals surface area contributed by atoms with E-state index in [2.05, 4.69) is 31.3 Å². The molecule has 14 heteroatoms. The molecule has 2 rings (SSSR count). The molecule has 2 aliphatic heterocycles. The monoisotopic (exact) mass is 1110 g/mol. The van der Waals surface area contributed by atoms with E-state index in [4.69, 9.17) is 18.9 Å². The molecule has 0 spiro atoms. The number of allylic oxidation sites excluding steroid dienone is 3. The number of hydrogen-bond acceptors (Lipinski definition) is 13. The molecule has 12 unspecified atom stereocenters. The number of nitrogens with one attached hydrogen (secondary N) is 1. The third-order valence-electron chi connectivity index (χ3n) is 16.1. The second kappa shape index (κ2) is 50.0. The average Bonchev–Trinajstić information content (AvgIpc) is 3.47. The van der Waals surface area contributed by atoms with Gasteiger partial charge in [0.2, 0.25) is 5.91 Å². The molecule has 2 aliphatic rings. The van der Waals surface area contributed by atoms with Crippen molar-refractivity contribution in [2.24, 2.45) is 0 Å². The van der Waals surface area contributed by atoms with E-state index in [9.17, 15) is 45.6 Å². The Labute approximate surface area is 475 Å². The number of ether oxygens (including phenoxy) is 4. The standard InChI is InChI=1S/C64H121NO13/c1-3-5-7-9-11-13-15-17-18-19-20-21-22-23-24-25-26-27-28-29-30-31-32-33-34-36-37-39-41-43-45-47-53(68)52(65-56(69)48-46-44-42-40-38-35-16-14-12-10-8-6-4-2)51-75-63-61(74)59(72)62(55(50-67)77-63)78-64-60(73)58(71)57(70)54(49-66)76-64/h37,39,45,47,52-55,57-64,66-68,70-74H,3-36,38,40-44,46,48-51H2,1-2H3,(H,65,69)/b39-37+,47-45+. The summed E-state index contributed by atoms with van der Waals surface area (Å²) in [4.78, 5) is 13.2. The zero-order chi connectivity index (χ0) is 56.7. The fraction of sp³-hybridized carbons (Fsp3) is 0.922. The molecular formula is C64H121NO13. The molecule has 9 N–H and O–H groups in total. The highest BCUT2D eigenvalue weighted by Gasteiger charge is 2.51. The Hall–Kier alpha value is -1.53. The molecule has 0 aromatic carbocycles. The summed E-state index contributed by atoms with van der Waals surface area (Å²) in [5, 5.41) is 87.1. The zero-order valence-electron chi connectivity index (χ0n) is 49.7. The maximum atomic E-state index is 13.2. The van der Waals surface area contributed by atoms with Gasteiger partial charge in [0.15, 0.2) is 12.6 Å². The number of amides is 1. The summed E-state index contributed by atoms with van der Waals surface area (Å²) in [7, 11) is 0. The van der Waals surface area contributed by atoms with Crippen LogP contribution in [0.2, 0.25) is 0 Å². The van der Waals surface area contributed by atoms with Crippen LogP contribution in [0.15, 0.2) is 24.3 Å². The van der Waals surface area contributed by atoms with Gasteiger partial charge in [0.25, 0.3) is 0 Å². The van der Waals surface area contributed by atoms with Gasteiger partial charge in [-0.15, -0.1) is 0 Å². The first-order chi connectivity index (χ1) is 38.1. The smallest absolute Gasteiger partial charge is 0.220 e. The Kier molecular flexibility index (Phi) is 46.5. The molecule has 0 aliphatic carbocycles. The summed E-state index contributed by atoms with van der Waals surface area (Å²) < 4.78 is 22.8. The Morgan fingerprint density at radius 1 is 0.449 bits per heavy atom. The molecule has 14 nitrogen and oxygen atoms in total. The predicted molar refractivity (Wildman–Crippen MR) is 314 cm³/mol. The van der Waals surface area contributed by atoms with Crippen LogP contribution in [-0.4, -0.2) is 140 Å². The predicted octanol–water partition coefficient (Wildman–Crippen LogP) is 12.0. The highest BCUT2D eigenvalue weighted by Crippen LogP contribution is 2.30. The van der Waals surface area contributed by atoms with Gasteiger partial charge >= 0.3 is 0 Å². The normalized spacial score (nSPS) is 24.6. The lowest BCUT2D eigenvalue weighted by Crippen LogP contribution is -2.65. The molecule has 78 heavy (non-hydrogen) atoms. The fourth-order valence-electron chi connectivity index (χ4n) is 10.9. The lowest BCUT2D eigenvalue weighted by Gasteiger charge is -2.46. The summed E-state index contributed by atoms with van der Waals surface area (Å²) in [6, 6.07) is -0.927. The molecule has 0 aromatic rings. The van der Waals surface area contributed by atoms with Crippen molar-refractivity contribution in [3.63, 3.8) is 0 Å². The topological polar surface area (TPSA) is 228 Å². The first kappa shape index (κ1) is 72.6. The molecule has 12 atom stereocenters. The number of carbonyl (C=O) groups excluding carboxylic acids is 1. The number of hydrogen-bond donors (Lipinski definition) is 9. The van der Waals surface area contributed by atoms with Gasteiger partial charge in [-0.05, 0) is 32.1 Å². The van der Waals surface area contributed by atoms with E-state index in [1.807, 2.05) is 6.08 Å². The van der Waals surface area contributed by atoms with Crippen LogP contribution in [0, 0.1) is 0 Å². The number of rotatable bonds is 53. The van der Waals surface area contributed by atoms with Gasteiger partial charge in [-0.25, -0.2) is 0 Å². The van der Waals surface area contributed by atoms with Crippen molar-refractivity contribution < 1.29 is 64.6 Å². The lowest BCUT2D eigenvalue weighted by molar-refractivity contribution is -0.359. The van der Waals surface area contributed by atoms with E-state index in [0.29, 0.717) is 12.8 Å². The minimum absolute atomic E-state index is 0.246. The third-order valence-corrected chi connectivity index (χ3v) is 16.1. The fourth-order valence-corrected chi connectivity index (χ4v) is 10.9. The van der Waals surface area contributed by atoms with Crippen molar-refractivity contribution in [2.45, 2.75) is 357 Å². The average molecular weight is 1110 g/mol. The number of unbranched alkanes of at least 4 members (excludes halogenated alkanes) is 38. The van der Waals surface area contributed by atoms with E-state index in [-0.39, 0.29) is 18.9 Å². The molecule has 2 fully saturated rings. The summed E-state index contributed by atoms with van der Waals surface area (Å²) in [6.45, 7) is 2.80. The van der Waals surface area contributed by atoms with Crippen molar-refractivity contribution in [3.05, 3.63) is 24.3 Å². The van der Waals surface area contributed by atoms with Gasteiger partial charge in [0, 0.05) is 6.42 Å². The summed E-state index contributed by atoms with van der Waals surface area (Å²) in [5.41, 5.74) is 0. The summed E-state index contributed by atoms with van der Waals surface area (Å²) in [5.74, 6) is -0.246. The van der Waals surface area contributed by atoms with Crippen LogP contribution in [0.4, 0.5) is 0 Å². The van der Waals surface area contributed by atoms with E-state index >= 15 is 0 Å². The van der Waals surface area contributed by atoms with Crippen LogP contribution in [0.3, 0.4) is 0 Å². The first-order valence-corrected chi connectivity index (χ1v) is 32.6. The Morgan fingerprint density at radius 3 is 1.26 bits per heavy atom. The van der Waals surface area contributed by atoms with Crippen molar-refractivity contribution in [2.75, 3.05) is 19.8 Å². The van der Waals surface area contributed by atoms with Gasteiger partial charge in [-0.3, -0.25) is 4.79 Å². The first-order valence-electron chi connectivity index (χ1n) is 32.6. The maximum Gasteiger partial charge on any atom is 0.220 e. The second-order valence-corrected chi connectivity index (χ2v) is 23.2. The Morgan fingerprint density at radius 2 is 0.821 bits per heavy atom. The van der Waals surface area contributed by atoms with Crippen LogP contribution in [0.5, 0.6) is 0 Å². The number of carbonyl (C=O) groups is 1. The van der Waals surface area contributed by atoms with Crippen molar-refractivity contribution in [1.82, 2.24) is 5.32 Å². The molecule has 0 saturated carbocycles. The third kappa shape index (κ3) is 34.8. The van der Waals surface area contributed by atoms with Crippen LogP contribution < -0.4 is 5.32 Å². The molecule has 0 aromatic heterocycles. The largest absolute Gasteiger partial charge is 0.394 e. The Balaban J connectivity index is 1.67. The molecular weight excluding hydrogens is 991 g/mol. The number of aliphatic hydroxyl groups excluding tert-OH is 8. The molecule has 1 amide bonds. The van der Waals surface area contributed by atoms with Crippen molar-refractivity contribution >= 4 is 5.91 Å². The molecule has 460 valence electrons. The summed E-state index contributed by atoms with van der Waals surface area (Å²) in [6.07, 6.45) is 43.9. The van der Waals surface area contributed by atoms with E-state index in [1.54, 1.807) is 6.08 Å². The van der Waals surface area contributed by atoms with Crippen LogP contribution >= 0.6 is 0 Å². The van der Waals surface area contributed by atoms with E-state index in [0.717, 1.165) is 32.1 Å². The van der Waals surface area contributed by atoms with Crippen LogP contribution in [0.1, 0.15) is 284 Å². The van der Waals surface area contributed by atoms with Gasteiger partial charge in [0.1, 0.15) is 48.8 Å². The highest BCUT2D eigenvalue weighted by molar-refractivity contribution is 5.76. The zero-order valence-corrected chi connectivity index (χ0v) is 49.7. The SMILES string of the molecule is CCCCCCCCCCCCCCCCCCCCCCCCCCC/C=C/CC/C=C/C(O)C(COC1OC(CO)C(OC2OC(CO)C(O)C(O)C2O)C(O)C1O)NC(=O)CCCCCCCCCCCCCCC. The molecule has 0 radical (unpaired) electrons. The van der Waals surface area contributed by atoms with Gasteiger partial charge in [0.05, 0.1) is 32.0 Å². The lowest BCUT2D eigenvalue weighted by atomic mass is 9.97. The summed E-state index contributed by atoms with van der Waals surface area (Å²) >= 11 is 0. The molecule has 0 bridgehead atoms. The maximum absolute atomic E-state index is 13.2. The molecule has 2 saturated heterocycles. The van der Waals surface area contributed by atoms with Gasteiger partial charge in [-0.1, -0.05) is 269 Å². The molecule has 2 heterocycles. The minimum Gasteiger partial charge on any atom is -0.394 e. The minimum atomic E-state index is -1.79.